The fraction of sp³-hybridized carbons (Fsp3) is 0.600. The van der Waals surface area contributed by atoms with E-state index in [2.05, 4.69) is 57.1 Å². The molecule has 2 N–H and O–H groups in total. The summed E-state index contributed by atoms with van der Waals surface area (Å²) in [6.07, 6.45) is 4.37. The van der Waals surface area contributed by atoms with Crippen LogP contribution in [0.3, 0.4) is 0 Å². The second-order valence-corrected chi connectivity index (χ2v) is 8.06. The highest BCUT2D eigenvalue weighted by molar-refractivity contribution is 14.0. The van der Waals surface area contributed by atoms with E-state index in [0.717, 1.165) is 44.3 Å². The van der Waals surface area contributed by atoms with Crippen LogP contribution in [0.15, 0.2) is 35.3 Å². The molecule has 1 aliphatic heterocycles. The number of likely N-dealkylation sites (tertiary alicyclic amines) is 1. The van der Waals surface area contributed by atoms with Crippen molar-refractivity contribution in [2.75, 3.05) is 52.3 Å². The Labute approximate surface area is 190 Å². The number of rotatable bonds is 8. The molecule has 0 aliphatic carbocycles. The van der Waals surface area contributed by atoms with Crippen molar-refractivity contribution in [2.24, 2.45) is 4.99 Å². The average Bonchev–Trinajstić information content (AvgIpc) is 2.67. The van der Waals surface area contributed by atoms with Crippen LogP contribution in [-0.4, -0.2) is 80.0 Å². The minimum Gasteiger partial charge on any atom is -0.356 e. The number of thioether (sulfide) groups is 1. The van der Waals surface area contributed by atoms with Gasteiger partial charge in [-0.25, -0.2) is 4.99 Å². The molecule has 1 atom stereocenters. The number of hydrogen-bond acceptors (Lipinski definition) is 4. The van der Waals surface area contributed by atoms with E-state index in [1.165, 1.54) is 12.0 Å². The number of aliphatic imine (C=N–C) groups is 1. The molecule has 0 saturated carbocycles. The Kier molecular flexibility index (Phi) is 12.6. The van der Waals surface area contributed by atoms with Crippen molar-refractivity contribution in [3.63, 3.8) is 0 Å². The summed E-state index contributed by atoms with van der Waals surface area (Å²) in [4.78, 5) is 20.4. The third kappa shape index (κ3) is 9.47. The lowest BCUT2D eigenvalue weighted by Gasteiger charge is -2.34. The Morgan fingerprint density at radius 3 is 2.75 bits per heavy atom. The normalized spacial score (nSPS) is 17.5. The second kappa shape index (κ2) is 14.1. The molecule has 0 spiro atoms. The van der Waals surface area contributed by atoms with E-state index in [1.54, 1.807) is 30.8 Å². The van der Waals surface area contributed by atoms with E-state index in [-0.39, 0.29) is 36.4 Å². The minimum absolute atomic E-state index is 0. The van der Waals surface area contributed by atoms with Crippen LogP contribution in [0.25, 0.3) is 0 Å². The maximum absolute atomic E-state index is 11.9. The number of likely N-dealkylation sites (N-methyl/N-ethyl adjacent to an activating group) is 1. The Balaban J connectivity index is 0.00000392. The summed E-state index contributed by atoms with van der Waals surface area (Å²) in [5.41, 5.74) is 1.35. The summed E-state index contributed by atoms with van der Waals surface area (Å²) in [7, 11) is 3.52. The van der Waals surface area contributed by atoms with Crippen LogP contribution in [0.1, 0.15) is 18.4 Å². The standard InChI is InChI=1S/C20H33N5OS.HI/c1-24(2)19(26)14-22-20(21-11-13-27-3)23-18-10-7-12-25(16-18)15-17-8-5-4-6-9-17;/h4-6,8-9,18H,7,10-16H2,1-3H3,(H2,21,22,23);1H. The maximum Gasteiger partial charge on any atom is 0.243 e. The molecule has 1 aliphatic rings. The van der Waals surface area contributed by atoms with Gasteiger partial charge in [0.1, 0.15) is 6.54 Å². The van der Waals surface area contributed by atoms with E-state index < -0.39 is 0 Å². The first-order valence-electron chi connectivity index (χ1n) is 9.58. The molecule has 28 heavy (non-hydrogen) atoms. The molecule has 1 fully saturated rings. The Bertz CT molecular complexity index is 600. The molecule has 1 aromatic rings. The molecule has 1 unspecified atom stereocenters. The zero-order valence-corrected chi connectivity index (χ0v) is 20.3. The van der Waals surface area contributed by atoms with Crippen LogP contribution in [0.4, 0.5) is 0 Å². The van der Waals surface area contributed by atoms with E-state index in [0.29, 0.717) is 6.04 Å². The van der Waals surface area contributed by atoms with Crippen molar-refractivity contribution < 1.29 is 4.79 Å². The van der Waals surface area contributed by atoms with Gasteiger partial charge in [-0.15, -0.1) is 24.0 Å². The Morgan fingerprint density at radius 1 is 1.32 bits per heavy atom. The van der Waals surface area contributed by atoms with E-state index >= 15 is 0 Å². The van der Waals surface area contributed by atoms with Gasteiger partial charge in [-0.3, -0.25) is 9.69 Å². The summed E-state index contributed by atoms with van der Waals surface area (Å²) in [6, 6.07) is 11.0. The fourth-order valence-corrected chi connectivity index (χ4v) is 3.37. The zero-order chi connectivity index (χ0) is 19.5. The average molecular weight is 519 g/mol. The van der Waals surface area contributed by atoms with Gasteiger partial charge in [0.25, 0.3) is 0 Å². The molecule has 0 radical (unpaired) electrons. The minimum atomic E-state index is 0. The van der Waals surface area contributed by atoms with E-state index in [9.17, 15) is 4.79 Å². The van der Waals surface area contributed by atoms with Crippen LogP contribution in [-0.2, 0) is 11.3 Å². The number of halogens is 1. The summed E-state index contributed by atoms with van der Waals surface area (Å²) < 4.78 is 0. The molecule has 158 valence electrons. The molecule has 0 bridgehead atoms. The molecule has 1 heterocycles. The SMILES string of the molecule is CSCCNC(=NCC(=O)N(C)C)NC1CCCN(Cc2ccccc2)C1.I. The first-order chi connectivity index (χ1) is 13.1. The van der Waals surface area contributed by atoms with Crippen molar-refractivity contribution in [1.29, 1.82) is 0 Å². The molecule has 6 nitrogen and oxygen atoms in total. The first-order valence-corrected chi connectivity index (χ1v) is 11.0. The topological polar surface area (TPSA) is 60.0 Å². The lowest BCUT2D eigenvalue weighted by Crippen LogP contribution is -2.51. The molecule has 1 amide bonds. The smallest absolute Gasteiger partial charge is 0.243 e. The van der Waals surface area contributed by atoms with Gasteiger partial charge < -0.3 is 15.5 Å². The van der Waals surface area contributed by atoms with Gasteiger partial charge in [0, 0.05) is 45.5 Å². The number of carbonyl (C=O) groups excluding carboxylic acids is 1. The monoisotopic (exact) mass is 519 g/mol. The largest absolute Gasteiger partial charge is 0.356 e. The molecule has 1 aromatic carbocycles. The van der Waals surface area contributed by atoms with Crippen LogP contribution < -0.4 is 10.6 Å². The number of benzene rings is 1. The maximum atomic E-state index is 11.9. The predicted octanol–water partition coefficient (Wildman–Crippen LogP) is 2.26. The summed E-state index contributed by atoms with van der Waals surface area (Å²) in [5, 5.41) is 6.90. The highest BCUT2D eigenvalue weighted by Crippen LogP contribution is 2.13. The van der Waals surface area contributed by atoms with Crippen molar-refractivity contribution in [3.8, 4) is 0 Å². The summed E-state index contributed by atoms with van der Waals surface area (Å²) >= 11 is 1.79. The van der Waals surface area contributed by atoms with Crippen molar-refractivity contribution in [2.45, 2.75) is 25.4 Å². The van der Waals surface area contributed by atoms with Crippen molar-refractivity contribution in [3.05, 3.63) is 35.9 Å². The molecule has 2 rings (SSSR count). The lowest BCUT2D eigenvalue weighted by atomic mass is 10.0. The van der Waals surface area contributed by atoms with E-state index in [4.69, 9.17) is 0 Å². The van der Waals surface area contributed by atoms with Crippen LogP contribution >= 0.6 is 35.7 Å². The first kappa shape index (κ1) is 25.0. The van der Waals surface area contributed by atoms with Gasteiger partial charge >= 0.3 is 0 Å². The third-order valence-corrected chi connectivity index (χ3v) is 5.18. The highest BCUT2D eigenvalue weighted by atomic mass is 127. The summed E-state index contributed by atoms with van der Waals surface area (Å²) in [6.45, 7) is 4.09. The molecule has 0 aromatic heterocycles. The molecular weight excluding hydrogens is 485 g/mol. The number of amides is 1. The Hall–Kier alpha value is -1.000. The van der Waals surface area contributed by atoms with Gasteiger partial charge in [0.15, 0.2) is 5.96 Å². The van der Waals surface area contributed by atoms with Gasteiger partial charge in [0.2, 0.25) is 5.91 Å². The molecule has 8 heteroatoms. The number of piperidine rings is 1. The highest BCUT2D eigenvalue weighted by Gasteiger charge is 2.21. The fourth-order valence-electron chi connectivity index (χ4n) is 3.06. The number of nitrogens with one attached hydrogen (secondary N) is 2. The van der Waals surface area contributed by atoms with Crippen LogP contribution in [0.5, 0.6) is 0 Å². The number of carbonyl (C=O) groups is 1. The number of nitrogens with zero attached hydrogens (tertiary/aromatic N) is 3. The quantitative estimate of drug-likeness (QED) is 0.239. The number of hydrogen-bond donors (Lipinski definition) is 2. The van der Waals surface area contributed by atoms with Crippen LogP contribution in [0.2, 0.25) is 0 Å². The van der Waals surface area contributed by atoms with Crippen molar-refractivity contribution in [1.82, 2.24) is 20.4 Å². The summed E-state index contributed by atoms with van der Waals surface area (Å²) in [5.74, 6) is 1.76. The lowest BCUT2D eigenvalue weighted by molar-refractivity contribution is -0.127. The zero-order valence-electron chi connectivity index (χ0n) is 17.2. The van der Waals surface area contributed by atoms with E-state index in [1.807, 2.05) is 0 Å². The third-order valence-electron chi connectivity index (χ3n) is 4.57. The van der Waals surface area contributed by atoms with Gasteiger partial charge in [0.05, 0.1) is 0 Å². The molecule has 1 saturated heterocycles. The number of guanidine groups is 1. The predicted molar refractivity (Wildman–Crippen MR) is 131 cm³/mol. The van der Waals surface area contributed by atoms with Gasteiger partial charge in [-0.05, 0) is 31.2 Å². The van der Waals surface area contributed by atoms with Crippen molar-refractivity contribution >= 4 is 47.6 Å². The molecular formula is C20H34IN5OS. The van der Waals surface area contributed by atoms with Crippen LogP contribution in [0, 0.1) is 0 Å². The van der Waals surface area contributed by atoms with Gasteiger partial charge in [-0.1, -0.05) is 30.3 Å². The second-order valence-electron chi connectivity index (χ2n) is 7.08. The Morgan fingerprint density at radius 2 is 2.07 bits per heavy atom. The van der Waals surface area contributed by atoms with Gasteiger partial charge in [-0.2, -0.15) is 11.8 Å².